The second-order valence-electron chi connectivity index (χ2n) is 5.16. The second kappa shape index (κ2) is 4.94. The minimum atomic E-state index is -0.140. The van der Waals surface area contributed by atoms with Crippen LogP contribution in [0.5, 0.6) is 0 Å². The normalized spacial score (nSPS) is 12.0. The summed E-state index contributed by atoms with van der Waals surface area (Å²) in [5.41, 5.74) is 7.84. The van der Waals surface area contributed by atoms with E-state index in [-0.39, 0.29) is 5.54 Å². The molecule has 2 rings (SSSR count). The SMILES string of the molecule is CCCn1cc(-c2cncn2C(C)(C)CN)cn1. The highest BCUT2D eigenvalue weighted by Crippen LogP contribution is 2.24. The average Bonchev–Trinajstić information content (AvgIpc) is 2.96. The summed E-state index contributed by atoms with van der Waals surface area (Å²) in [4.78, 5) is 4.24. The molecule has 0 spiro atoms. The van der Waals surface area contributed by atoms with Gasteiger partial charge in [-0.2, -0.15) is 5.10 Å². The fraction of sp³-hybridized carbons (Fsp3) is 0.538. The first-order valence-electron chi connectivity index (χ1n) is 6.34. The van der Waals surface area contributed by atoms with Crippen LogP contribution in [0.1, 0.15) is 27.2 Å². The van der Waals surface area contributed by atoms with Crippen LogP contribution >= 0.6 is 0 Å². The van der Waals surface area contributed by atoms with Gasteiger partial charge < -0.3 is 10.3 Å². The number of nitrogens with two attached hydrogens (primary N) is 1. The van der Waals surface area contributed by atoms with Gasteiger partial charge in [-0.25, -0.2) is 4.98 Å². The van der Waals surface area contributed by atoms with E-state index in [0.717, 1.165) is 24.2 Å². The summed E-state index contributed by atoms with van der Waals surface area (Å²) in [7, 11) is 0. The number of hydrogen-bond donors (Lipinski definition) is 1. The summed E-state index contributed by atoms with van der Waals surface area (Å²) in [6.45, 7) is 7.86. The summed E-state index contributed by atoms with van der Waals surface area (Å²) in [5.74, 6) is 0. The lowest BCUT2D eigenvalue weighted by molar-refractivity contribution is 0.370. The maximum atomic E-state index is 5.83. The third-order valence-corrected chi connectivity index (χ3v) is 3.17. The lowest BCUT2D eigenvalue weighted by Gasteiger charge is -2.26. The molecule has 0 saturated carbocycles. The Morgan fingerprint density at radius 2 is 2.11 bits per heavy atom. The molecule has 0 aliphatic rings. The van der Waals surface area contributed by atoms with E-state index in [4.69, 9.17) is 5.73 Å². The van der Waals surface area contributed by atoms with E-state index in [0.29, 0.717) is 6.54 Å². The summed E-state index contributed by atoms with van der Waals surface area (Å²) in [6, 6.07) is 0. The van der Waals surface area contributed by atoms with Gasteiger partial charge in [0.2, 0.25) is 0 Å². The molecule has 2 N–H and O–H groups in total. The van der Waals surface area contributed by atoms with E-state index in [9.17, 15) is 0 Å². The van der Waals surface area contributed by atoms with Gasteiger partial charge in [-0.05, 0) is 20.3 Å². The first kappa shape index (κ1) is 12.8. The summed E-state index contributed by atoms with van der Waals surface area (Å²) < 4.78 is 4.07. The summed E-state index contributed by atoms with van der Waals surface area (Å²) in [6.07, 6.45) is 8.72. The molecule has 0 saturated heterocycles. The summed E-state index contributed by atoms with van der Waals surface area (Å²) in [5, 5.41) is 4.36. The molecular weight excluding hydrogens is 226 g/mol. The number of hydrogen-bond acceptors (Lipinski definition) is 3. The Morgan fingerprint density at radius 1 is 1.33 bits per heavy atom. The van der Waals surface area contributed by atoms with Gasteiger partial charge in [0.05, 0.1) is 30.0 Å². The van der Waals surface area contributed by atoms with Crippen molar-refractivity contribution in [1.29, 1.82) is 0 Å². The molecule has 0 unspecified atom stereocenters. The third-order valence-electron chi connectivity index (χ3n) is 3.17. The van der Waals surface area contributed by atoms with E-state index in [1.54, 1.807) is 0 Å². The highest BCUT2D eigenvalue weighted by Gasteiger charge is 2.21. The smallest absolute Gasteiger partial charge is 0.0956 e. The van der Waals surface area contributed by atoms with Gasteiger partial charge in [0.25, 0.3) is 0 Å². The van der Waals surface area contributed by atoms with Crippen LogP contribution in [0, 0.1) is 0 Å². The van der Waals surface area contributed by atoms with Gasteiger partial charge >= 0.3 is 0 Å². The number of nitrogens with zero attached hydrogens (tertiary/aromatic N) is 4. The van der Waals surface area contributed by atoms with Crippen molar-refractivity contribution < 1.29 is 0 Å². The molecule has 0 fully saturated rings. The highest BCUT2D eigenvalue weighted by atomic mass is 15.3. The quantitative estimate of drug-likeness (QED) is 0.877. The van der Waals surface area contributed by atoms with Crippen LogP contribution in [0.15, 0.2) is 24.9 Å². The lowest BCUT2D eigenvalue weighted by atomic mass is 10.0. The zero-order chi connectivity index (χ0) is 13.2. The van der Waals surface area contributed by atoms with Crippen LogP contribution in [0.3, 0.4) is 0 Å². The zero-order valence-electron chi connectivity index (χ0n) is 11.3. The fourth-order valence-electron chi connectivity index (χ4n) is 1.94. The van der Waals surface area contributed by atoms with Gasteiger partial charge in [-0.1, -0.05) is 6.92 Å². The molecule has 0 bridgehead atoms. The maximum absolute atomic E-state index is 5.83. The van der Waals surface area contributed by atoms with Crippen molar-refractivity contribution in [3.05, 3.63) is 24.9 Å². The number of aromatic nitrogens is 4. The van der Waals surface area contributed by atoms with E-state index >= 15 is 0 Å². The molecule has 0 radical (unpaired) electrons. The lowest BCUT2D eigenvalue weighted by Crippen LogP contribution is -2.34. The first-order valence-corrected chi connectivity index (χ1v) is 6.34. The van der Waals surface area contributed by atoms with Crippen molar-refractivity contribution in [3.63, 3.8) is 0 Å². The minimum absolute atomic E-state index is 0.140. The Bertz CT molecular complexity index is 509. The van der Waals surface area contributed by atoms with Crippen molar-refractivity contribution in [1.82, 2.24) is 19.3 Å². The Morgan fingerprint density at radius 3 is 2.78 bits per heavy atom. The fourth-order valence-corrected chi connectivity index (χ4v) is 1.94. The van der Waals surface area contributed by atoms with E-state index < -0.39 is 0 Å². The maximum Gasteiger partial charge on any atom is 0.0956 e. The highest BCUT2D eigenvalue weighted by molar-refractivity contribution is 5.57. The van der Waals surface area contributed by atoms with Crippen molar-refractivity contribution in [2.24, 2.45) is 5.73 Å². The van der Waals surface area contributed by atoms with Crippen LogP contribution < -0.4 is 5.73 Å². The van der Waals surface area contributed by atoms with Crippen molar-refractivity contribution >= 4 is 0 Å². The molecule has 0 aliphatic heterocycles. The first-order chi connectivity index (χ1) is 8.58. The predicted molar refractivity (Wildman–Crippen MR) is 72.1 cm³/mol. The van der Waals surface area contributed by atoms with Gasteiger partial charge in [-0.15, -0.1) is 0 Å². The van der Waals surface area contributed by atoms with Crippen LogP contribution in [0.4, 0.5) is 0 Å². The number of rotatable bonds is 5. The molecule has 2 heterocycles. The largest absolute Gasteiger partial charge is 0.328 e. The Balaban J connectivity index is 2.36. The Labute approximate surface area is 108 Å². The molecule has 0 aromatic carbocycles. The standard InChI is InChI=1S/C13H21N5/c1-4-5-17-8-11(6-16-17)12-7-15-10-18(12)13(2,3)9-14/h6-8,10H,4-5,9,14H2,1-3H3. The molecule has 18 heavy (non-hydrogen) atoms. The average molecular weight is 247 g/mol. The van der Waals surface area contributed by atoms with E-state index in [1.165, 1.54) is 0 Å². The van der Waals surface area contributed by atoms with Crippen molar-refractivity contribution in [2.75, 3.05) is 6.54 Å². The summed E-state index contributed by atoms with van der Waals surface area (Å²) >= 11 is 0. The molecule has 2 aromatic heterocycles. The van der Waals surface area contributed by atoms with Gasteiger partial charge in [-0.3, -0.25) is 4.68 Å². The van der Waals surface area contributed by atoms with Crippen molar-refractivity contribution in [3.8, 4) is 11.3 Å². The predicted octanol–water partition coefficient (Wildman–Crippen LogP) is 1.85. The minimum Gasteiger partial charge on any atom is -0.328 e. The van der Waals surface area contributed by atoms with E-state index in [1.807, 2.05) is 23.4 Å². The zero-order valence-corrected chi connectivity index (χ0v) is 11.3. The molecule has 2 aromatic rings. The topological polar surface area (TPSA) is 61.7 Å². The van der Waals surface area contributed by atoms with Crippen LogP contribution in [-0.2, 0) is 12.1 Å². The van der Waals surface area contributed by atoms with Crippen LogP contribution in [0.25, 0.3) is 11.3 Å². The number of imidazole rings is 1. The Kier molecular flexibility index (Phi) is 3.52. The van der Waals surface area contributed by atoms with Crippen LogP contribution in [0.2, 0.25) is 0 Å². The van der Waals surface area contributed by atoms with Crippen molar-refractivity contribution in [2.45, 2.75) is 39.3 Å². The van der Waals surface area contributed by atoms with Gasteiger partial charge in [0.1, 0.15) is 0 Å². The molecule has 5 nitrogen and oxygen atoms in total. The van der Waals surface area contributed by atoms with E-state index in [2.05, 4.69) is 41.6 Å². The second-order valence-corrected chi connectivity index (χ2v) is 5.16. The number of aryl methyl sites for hydroxylation is 1. The monoisotopic (exact) mass is 247 g/mol. The molecule has 98 valence electrons. The molecule has 0 aliphatic carbocycles. The Hall–Kier alpha value is -1.62. The molecular formula is C13H21N5. The molecule has 5 heteroatoms. The third kappa shape index (κ3) is 2.31. The molecule has 0 atom stereocenters. The molecule has 0 amide bonds. The van der Waals surface area contributed by atoms with Gasteiger partial charge in [0, 0.05) is 24.8 Å². The van der Waals surface area contributed by atoms with Gasteiger partial charge in [0.15, 0.2) is 0 Å². The van der Waals surface area contributed by atoms with Crippen LogP contribution in [-0.4, -0.2) is 25.9 Å².